The summed E-state index contributed by atoms with van der Waals surface area (Å²) in [4.78, 5) is 0. The lowest BCUT2D eigenvalue weighted by molar-refractivity contribution is -0.137. The largest absolute Gasteiger partial charge is 0.417 e. The summed E-state index contributed by atoms with van der Waals surface area (Å²) in [5, 5.41) is 1.90. The molecule has 1 aromatic rings. The molecular formula is C9H8ClF4NO2S. The quantitative estimate of drug-likeness (QED) is 0.687. The summed E-state index contributed by atoms with van der Waals surface area (Å²) in [5.74, 6) is -0.822. The van der Waals surface area contributed by atoms with Crippen molar-refractivity contribution in [2.45, 2.75) is 6.18 Å². The van der Waals surface area contributed by atoms with E-state index in [4.69, 9.17) is 11.6 Å². The minimum absolute atomic E-state index is 0.00961. The first-order valence-electron chi connectivity index (χ1n) is 4.62. The first-order chi connectivity index (χ1) is 8.09. The van der Waals surface area contributed by atoms with E-state index in [9.17, 15) is 25.5 Å². The van der Waals surface area contributed by atoms with Gasteiger partial charge in [-0.05, 0) is 18.2 Å². The Morgan fingerprint density at radius 1 is 1.28 bits per heavy atom. The van der Waals surface area contributed by atoms with Gasteiger partial charge in [-0.1, -0.05) is 11.6 Å². The van der Waals surface area contributed by atoms with E-state index < -0.39 is 32.7 Å². The highest BCUT2D eigenvalue weighted by atomic mass is 35.5. The average molecular weight is 306 g/mol. The molecule has 102 valence electrons. The van der Waals surface area contributed by atoms with E-state index in [1.54, 1.807) is 0 Å². The van der Waals surface area contributed by atoms with Crippen LogP contribution in [0.3, 0.4) is 0 Å². The molecule has 0 aromatic heterocycles. The molecule has 0 heterocycles. The van der Waals surface area contributed by atoms with E-state index in [0.29, 0.717) is 0 Å². The Morgan fingerprint density at radius 3 is 2.39 bits per heavy atom. The van der Waals surface area contributed by atoms with Crippen LogP contribution in [0.2, 0.25) is 5.02 Å². The molecule has 3 nitrogen and oxygen atoms in total. The molecular weight excluding hydrogens is 298 g/mol. The third-order valence-corrected chi connectivity index (χ3v) is 2.97. The summed E-state index contributed by atoms with van der Waals surface area (Å²) in [6.07, 6.45) is -4.61. The van der Waals surface area contributed by atoms with E-state index in [1.807, 2.05) is 0 Å². The van der Waals surface area contributed by atoms with Crippen LogP contribution in [0.5, 0.6) is 0 Å². The Labute approximate surface area is 106 Å². The average Bonchev–Trinajstić information content (AvgIpc) is 2.17. The van der Waals surface area contributed by atoms with E-state index in [1.165, 1.54) is 6.07 Å². The summed E-state index contributed by atoms with van der Waals surface area (Å²) < 4.78 is 70.0. The van der Waals surface area contributed by atoms with Gasteiger partial charge >= 0.3 is 16.4 Å². The van der Waals surface area contributed by atoms with Crippen LogP contribution in [-0.2, 0) is 16.4 Å². The predicted molar refractivity (Wildman–Crippen MR) is 59.8 cm³/mol. The van der Waals surface area contributed by atoms with Crippen LogP contribution in [-0.4, -0.2) is 20.7 Å². The highest BCUT2D eigenvalue weighted by Crippen LogP contribution is 2.36. The van der Waals surface area contributed by atoms with Gasteiger partial charge in [-0.2, -0.15) is 21.6 Å². The third kappa shape index (κ3) is 4.69. The molecule has 18 heavy (non-hydrogen) atoms. The normalized spacial score (nSPS) is 12.5. The molecule has 0 aliphatic carbocycles. The maximum absolute atomic E-state index is 12.5. The van der Waals surface area contributed by atoms with Crippen molar-refractivity contribution in [2.75, 3.05) is 17.6 Å². The second-order valence-electron chi connectivity index (χ2n) is 3.36. The lowest BCUT2D eigenvalue weighted by Gasteiger charge is -2.11. The topological polar surface area (TPSA) is 46.2 Å². The number of hydrogen-bond donors (Lipinski definition) is 1. The number of halogens is 5. The Bertz CT molecular complexity index is 530. The molecule has 0 radical (unpaired) electrons. The van der Waals surface area contributed by atoms with Crippen molar-refractivity contribution in [2.24, 2.45) is 0 Å². The van der Waals surface area contributed by atoms with Crippen molar-refractivity contribution in [3.63, 3.8) is 0 Å². The molecule has 0 saturated carbocycles. The molecule has 0 saturated heterocycles. The van der Waals surface area contributed by atoms with Gasteiger partial charge in [0.1, 0.15) is 0 Å². The van der Waals surface area contributed by atoms with Gasteiger partial charge in [0.05, 0.1) is 16.3 Å². The summed E-state index contributed by atoms with van der Waals surface area (Å²) >= 11 is 5.38. The SMILES string of the molecule is O=S(=O)(F)CCNc1ccc(Cl)c(C(F)(F)F)c1. The number of hydrogen-bond acceptors (Lipinski definition) is 3. The molecule has 0 amide bonds. The van der Waals surface area contributed by atoms with Crippen molar-refractivity contribution >= 4 is 27.5 Å². The van der Waals surface area contributed by atoms with E-state index in [-0.39, 0.29) is 12.2 Å². The summed E-state index contributed by atoms with van der Waals surface area (Å²) in [6.45, 7) is -0.336. The van der Waals surface area contributed by atoms with Crippen LogP contribution in [0.4, 0.5) is 22.7 Å². The molecule has 1 rings (SSSR count). The molecule has 0 fully saturated rings. The lowest BCUT2D eigenvalue weighted by atomic mass is 10.2. The van der Waals surface area contributed by atoms with Crippen LogP contribution >= 0.6 is 11.6 Å². The first-order valence-corrected chi connectivity index (χ1v) is 6.55. The molecule has 0 aliphatic rings. The van der Waals surface area contributed by atoms with Gasteiger partial charge in [-0.15, -0.1) is 3.89 Å². The minimum atomic E-state index is -4.65. The van der Waals surface area contributed by atoms with Crippen LogP contribution < -0.4 is 5.32 Å². The van der Waals surface area contributed by atoms with Gasteiger partial charge in [0.2, 0.25) is 0 Å². The smallest absolute Gasteiger partial charge is 0.384 e. The zero-order chi connectivity index (χ0) is 14.0. The number of alkyl halides is 3. The minimum Gasteiger partial charge on any atom is -0.384 e. The Balaban J connectivity index is 2.80. The fraction of sp³-hybridized carbons (Fsp3) is 0.333. The maximum Gasteiger partial charge on any atom is 0.417 e. The fourth-order valence-electron chi connectivity index (χ4n) is 1.17. The van der Waals surface area contributed by atoms with Crippen molar-refractivity contribution < 1.29 is 25.5 Å². The van der Waals surface area contributed by atoms with Gasteiger partial charge in [-0.25, -0.2) is 0 Å². The standard InChI is InChI=1S/C9H8ClF4NO2S/c10-8-2-1-6(5-7(8)9(11,12)13)15-3-4-18(14,16)17/h1-2,5,15H,3-4H2. The Morgan fingerprint density at radius 2 is 1.89 bits per heavy atom. The Hall–Kier alpha value is -1.02. The van der Waals surface area contributed by atoms with Gasteiger partial charge in [0.25, 0.3) is 0 Å². The molecule has 9 heteroatoms. The lowest BCUT2D eigenvalue weighted by Crippen LogP contribution is -2.13. The van der Waals surface area contributed by atoms with Gasteiger partial charge in [0, 0.05) is 12.2 Å². The van der Waals surface area contributed by atoms with Crippen LogP contribution in [0, 0.1) is 0 Å². The van der Waals surface area contributed by atoms with Gasteiger partial charge in [0.15, 0.2) is 0 Å². The number of anilines is 1. The van der Waals surface area contributed by atoms with E-state index >= 15 is 0 Å². The van der Waals surface area contributed by atoms with Crippen molar-refractivity contribution in [1.29, 1.82) is 0 Å². The molecule has 0 atom stereocenters. The zero-order valence-electron chi connectivity index (χ0n) is 8.76. The molecule has 0 spiro atoms. The van der Waals surface area contributed by atoms with Crippen molar-refractivity contribution in [3.05, 3.63) is 28.8 Å². The maximum atomic E-state index is 12.5. The third-order valence-electron chi connectivity index (χ3n) is 1.95. The summed E-state index contributed by atoms with van der Waals surface area (Å²) in [6, 6.07) is 2.99. The molecule has 0 unspecified atom stereocenters. The number of benzene rings is 1. The monoisotopic (exact) mass is 305 g/mol. The predicted octanol–water partition coefficient (Wildman–Crippen LogP) is 3.07. The molecule has 0 aliphatic heterocycles. The fourth-order valence-corrected chi connectivity index (χ4v) is 1.74. The number of rotatable bonds is 4. The van der Waals surface area contributed by atoms with Crippen molar-refractivity contribution in [3.8, 4) is 0 Å². The summed E-state index contributed by atoms with van der Waals surface area (Å²) in [5.41, 5.74) is -1.03. The zero-order valence-corrected chi connectivity index (χ0v) is 10.3. The van der Waals surface area contributed by atoms with E-state index in [0.717, 1.165) is 12.1 Å². The second-order valence-corrected chi connectivity index (χ2v) is 5.26. The number of nitrogens with one attached hydrogen (secondary N) is 1. The van der Waals surface area contributed by atoms with Gasteiger partial charge < -0.3 is 5.32 Å². The van der Waals surface area contributed by atoms with Crippen LogP contribution in [0.15, 0.2) is 18.2 Å². The van der Waals surface area contributed by atoms with Gasteiger partial charge in [-0.3, -0.25) is 0 Å². The first kappa shape index (κ1) is 15.0. The summed E-state index contributed by atoms with van der Waals surface area (Å²) in [7, 11) is -4.65. The highest BCUT2D eigenvalue weighted by Gasteiger charge is 2.33. The molecule has 1 aromatic carbocycles. The molecule has 0 bridgehead atoms. The van der Waals surface area contributed by atoms with Crippen LogP contribution in [0.25, 0.3) is 0 Å². The Kier molecular flexibility index (Phi) is 4.44. The second kappa shape index (κ2) is 5.31. The molecule has 1 N–H and O–H groups in total. The van der Waals surface area contributed by atoms with E-state index in [2.05, 4.69) is 5.32 Å². The van der Waals surface area contributed by atoms with Crippen molar-refractivity contribution in [1.82, 2.24) is 0 Å². The van der Waals surface area contributed by atoms with Crippen LogP contribution in [0.1, 0.15) is 5.56 Å². The highest BCUT2D eigenvalue weighted by molar-refractivity contribution is 7.86.